The molecular weight excluding hydrogens is 873 g/mol. The number of rotatable bonds is 14. The van der Waals surface area contributed by atoms with E-state index in [0.717, 1.165) is 60.6 Å². The van der Waals surface area contributed by atoms with Crippen molar-refractivity contribution in [1.29, 1.82) is 0 Å². The summed E-state index contributed by atoms with van der Waals surface area (Å²) in [5, 5.41) is 17.4. The lowest BCUT2D eigenvalue weighted by Gasteiger charge is -2.45. The van der Waals surface area contributed by atoms with Crippen LogP contribution in [0.25, 0.3) is 21.6 Å². The van der Waals surface area contributed by atoms with Crippen molar-refractivity contribution in [1.82, 2.24) is 20.5 Å². The van der Waals surface area contributed by atoms with E-state index in [2.05, 4.69) is 76.3 Å². The number of aliphatic hydroxyl groups excluding tert-OH is 1. The molecule has 11 heteroatoms. The Labute approximate surface area is 400 Å². The van der Waals surface area contributed by atoms with Gasteiger partial charge in [0.15, 0.2) is 0 Å². The minimum Gasteiger partial charge on any atom is -0.449 e. The van der Waals surface area contributed by atoms with Crippen LogP contribution in [0.5, 0.6) is 0 Å². The van der Waals surface area contributed by atoms with Crippen LogP contribution in [0, 0.1) is 6.92 Å². The van der Waals surface area contributed by atoms with E-state index in [9.17, 15) is 14.7 Å². The summed E-state index contributed by atoms with van der Waals surface area (Å²) < 4.78 is 4.17. The molecule has 67 heavy (non-hydrogen) atoms. The molecule has 7 aromatic rings. The van der Waals surface area contributed by atoms with Gasteiger partial charge in [-0.1, -0.05) is 164 Å². The highest BCUT2D eigenvalue weighted by atomic mass is 32.2. The number of thiazole rings is 1. The number of aryl methyl sites for hydroxylation is 1. The van der Waals surface area contributed by atoms with Gasteiger partial charge in [-0.3, -0.25) is 9.59 Å². The van der Waals surface area contributed by atoms with Gasteiger partial charge < -0.3 is 25.4 Å². The van der Waals surface area contributed by atoms with Crippen LogP contribution in [0.3, 0.4) is 0 Å². The maximum absolute atomic E-state index is 15.6. The highest BCUT2D eigenvalue weighted by Crippen LogP contribution is 2.54. The highest BCUT2D eigenvalue weighted by molar-refractivity contribution is 8.02. The van der Waals surface area contributed by atoms with Gasteiger partial charge in [-0.15, -0.1) is 23.1 Å². The number of hydrogen-bond acceptors (Lipinski definition) is 8. The van der Waals surface area contributed by atoms with Crippen LogP contribution in [0.1, 0.15) is 78.2 Å². The molecule has 3 amide bonds. The van der Waals surface area contributed by atoms with E-state index in [-0.39, 0.29) is 25.5 Å². The molecule has 1 aromatic heterocycles. The third-order valence-corrected chi connectivity index (χ3v) is 15.9. The SMILES string of the molecule is Cc1ncsc1-c1ccc([C@H](C)NC(=O)[C@@H]2C[C@@H](O)CN2C(=O)[C@@H](NC(=O)OCC2c3ccccc3-c3ccccc32)C(C)(C)SC(c2ccccc2)(c2ccccc2)c2ccccc2)cc1. The lowest BCUT2D eigenvalue weighted by atomic mass is 9.84. The van der Waals surface area contributed by atoms with Crippen LogP contribution in [-0.2, 0) is 19.1 Å². The Morgan fingerprint density at radius 2 is 1.28 bits per heavy atom. The number of alkyl carbamates (subject to hydrolysis) is 1. The molecule has 2 heterocycles. The number of likely N-dealkylation sites (tertiary alicyclic amines) is 1. The number of aliphatic hydroxyl groups is 1. The van der Waals surface area contributed by atoms with Gasteiger partial charge in [0.05, 0.1) is 33.0 Å². The van der Waals surface area contributed by atoms with Crippen molar-refractivity contribution in [3.8, 4) is 21.6 Å². The largest absolute Gasteiger partial charge is 0.449 e. The number of aromatic nitrogens is 1. The van der Waals surface area contributed by atoms with Gasteiger partial charge in [0.25, 0.3) is 0 Å². The summed E-state index contributed by atoms with van der Waals surface area (Å²) >= 11 is 3.13. The normalized spacial score (nSPS) is 16.7. The average molecular weight is 927 g/mol. The number of carbonyl (C=O) groups is 3. The van der Waals surface area contributed by atoms with E-state index in [1.54, 1.807) is 23.1 Å². The molecule has 1 fully saturated rings. The van der Waals surface area contributed by atoms with Crippen LogP contribution < -0.4 is 10.6 Å². The van der Waals surface area contributed by atoms with Gasteiger partial charge in [-0.25, -0.2) is 9.78 Å². The Balaban J connectivity index is 1.04. The third kappa shape index (κ3) is 9.16. The summed E-state index contributed by atoms with van der Waals surface area (Å²) in [5.41, 5.74) is 12.0. The number of carbonyl (C=O) groups excluding carboxylic acids is 3. The summed E-state index contributed by atoms with van der Waals surface area (Å²) in [4.78, 5) is 51.3. The fraction of sp³-hybridized carbons (Fsp3) is 0.250. The number of nitrogens with zero attached hydrogens (tertiary/aromatic N) is 2. The monoisotopic (exact) mass is 926 g/mol. The van der Waals surface area contributed by atoms with E-state index in [0.29, 0.717) is 0 Å². The summed E-state index contributed by atoms with van der Waals surface area (Å²) in [6.07, 6.45) is -1.68. The van der Waals surface area contributed by atoms with Crippen LogP contribution in [-0.4, -0.2) is 69.0 Å². The number of β-amino-alcohol motifs (C(OH)–C–C–N with tert-alkyl or cyclic N) is 1. The van der Waals surface area contributed by atoms with Crippen molar-refractivity contribution in [3.63, 3.8) is 0 Å². The van der Waals surface area contributed by atoms with Crippen LogP contribution >= 0.6 is 23.1 Å². The molecule has 0 spiro atoms. The molecule has 1 aliphatic carbocycles. The maximum Gasteiger partial charge on any atom is 0.407 e. The number of fused-ring (bicyclic) bond motifs is 3. The van der Waals surface area contributed by atoms with Crippen molar-refractivity contribution in [2.24, 2.45) is 0 Å². The predicted molar refractivity (Wildman–Crippen MR) is 268 cm³/mol. The molecule has 340 valence electrons. The molecule has 2 aliphatic rings. The Bertz CT molecular complexity index is 2710. The van der Waals surface area contributed by atoms with Crippen molar-refractivity contribution < 1.29 is 24.2 Å². The zero-order valence-corrected chi connectivity index (χ0v) is 39.6. The molecule has 9 rings (SSSR count). The van der Waals surface area contributed by atoms with Gasteiger partial charge in [-0.2, -0.15) is 0 Å². The lowest BCUT2D eigenvalue weighted by Crippen LogP contribution is -2.60. The number of benzene rings is 6. The van der Waals surface area contributed by atoms with Gasteiger partial charge in [-0.05, 0) is 77.8 Å². The first kappa shape index (κ1) is 45.6. The zero-order chi connectivity index (χ0) is 46.7. The Morgan fingerprint density at radius 1 is 0.761 bits per heavy atom. The van der Waals surface area contributed by atoms with E-state index in [1.165, 1.54) is 4.90 Å². The molecule has 3 N–H and O–H groups in total. The fourth-order valence-corrected chi connectivity index (χ4v) is 12.4. The summed E-state index contributed by atoms with van der Waals surface area (Å²) in [5.74, 6) is -1.09. The van der Waals surface area contributed by atoms with Gasteiger partial charge in [0.1, 0.15) is 18.7 Å². The Morgan fingerprint density at radius 3 is 1.81 bits per heavy atom. The number of amides is 3. The standard InChI is InChI=1S/C56H54N4O5S2/c1-36(38-28-30-39(31-29-38)50-37(2)57-35-66-50)58-52(62)49-32-43(61)33-60(49)53(63)51(59-54(64)65-34-48-46-26-16-14-24-44(46)45-25-15-17-27-47(45)48)55(3,4)67-56(40-18-8-5-9-19-40,41-20-10-6-11-21-41)42-22-12-7-13-23-42/h5-31,35-36,43,48-49,51,61H,32-34H2,1-4H3,(H,58,62)(H,59,64)/t36-,43+,49-,51+/m0/s1. The number of ether oxygens (including phenoxy) is 1. The first-order valence-electron chi connectivity index (χ1n) is 22.7. The highest BCUT2D eigenvalue weighted by Gasteiger charge is 2.51. The van der Waals surface area contributed by atoms with E-state index in [4.69, 9.17) is 4.74 Å². The Hall–Kier alpha value is -6.53. The number of hydrogen-bond donors (Lipinski definition) is 3. The fourth-order valence-electron chi connectivity index (χ4n) is 9.81. The van der Waals surface area contributed by atoms with Gasteiger partial charge in [0, 0.05) is 23.6 Å². The van der Waals surface area contributed by atoms with Crippen molar-refractivity contribution >= 4 is 41.0 Å². The molecule has 0 saturated carbocycles. The molecule has 6 aromatic carbocycles. The second kappa shape index (κ2) is 19.4. The topological polar surface area (TPSA) is 121 Å². The molecule has 4 atom stereocenters. The van der Waals surface area contributed by atoms with Crippen molar-refractivity contribution in [2.45, 2.75) is 73.8 Å². The first-order valence-corrected chi connectivity index (χ1v) is 24.4. The zero-order valence-electron chi connectivity index (χ0n) is 38.0. The molecule has 0 unspecified atom stereocenters. The summed E-state index contributed by atoms with van der Waals surface area (Å²) in [6, 6.07) is 52.2. The molecule has 1 aliphatic heterocycles. The van der Waals surface area contributed by atoms with E-state index >= 15 is 4.79 Å². The molecule has 1 saturated heterocycles. The molecule has 0 bridgehead atoms. The van der Waals surface area contributed by atoms with Gasteiger partial charge in [0.2, 0.25) is 11.8 Å². The minimum absolute atomic E-state index is 0.0428. The lowest BCUT2D eigenvalue weighted by molar-refractivity contribution is -0.140. The summed E-state index contributed by atoms with van der Waals surface area (Å²) in [7, 11) is 0. The molecular formula is C56H54N4O5S2. The van der Waals surface area contributed by atoms with E-state index < -0.39 is 51.6 Å². The third-order valence-electron chi connectivity index (χ3n) is 13.1. The maximum atomic E-state index is 15.6. The number of nitrogens with one attached hydrogen (secondary N) is 2. The van der Waals surface area contributed by atoms with Crippen LogP contribution in [0.15, 0.2) is 169 Å². The van der Waals surface area contributed by atoms with Crippen molar-refractivity contribution in [3.05, 3.63) is 208 Å². The van der Waals surface area contributed by atoms with Crippen LogP contribution in [0.4, 0.5) is 4.79 Å². The smallest absolute Gasteiger partial charge is 0.407 e. The first-order chi connectivity index (χ1) is 32.4. The quantitative estimate of drug-likeness (QED) is 0.0929. The number of thioether (sulfide) groups is 1. The predicted octanol–water partition coefficient (Wildman–Crippen LogP) is 10.7. The molecule has 9 nitrogen and oxygen atoms in total. The van der Waals surface area contributed by atoms with Gasteiger partial charge >= 0.3 is 6.09 Å². The van der Waals surface area contributed by atoms with E-state index in [1.807, 2.05) is 136 Å². The second-order valence-electron chi connectivity index (χ2n) is 17.9. The second-order valence-corrected chi connectivity index (χ2v) is 20.6. The average Bonchev–Trinajstić information content (AvgIpc) is 4.07. The summed E-state index contributed by atoms with van der Waals surface area (Å²) in [6.45, 7) is 7.75. The Kier molecular flexibility index (Phi) is 13.2. The van der Waals surface area contributed by atoms with Crippen molar-refractivity contribution in [2.75, 3.05) is 13.2 Å². The minimum atomic E-state index is -1.23. The van der Waals surface area contributed by atoms with Crippen LogP contribution in [0.2, 0.25) is 0 Å². The molecule has 0 radical (unpaired) electrons.